The molecular formula is C11H9N2. The molecule has 63 valence electrons. The van der Waals surface area contributed by atoms with Gasteiger partial charge in [-0.15, -0.1) is 6.58 Å². The van der Waals surface area contributed by atoms with Crippen molar-refractivity contribution in [3.05, 3.63) is 55.2 Å². The van der Waals surface area contributed by atoms with Gasteiger partial charge in [-0.1, -0.05) is 30.3 Å². The third kappa shape index (κ3) is 1.43. The Labute approximate surface area is 76.9 Å². The van der Waals surface area contributed by atoms with Gasteiger partial charge in [0.05, 0.1) is 11.9 Å². The van der Waals surface area contributed by atoms with Gasteiger partial charge in [-0.25, -0.2) is 0 Å². The Morgan fingerprint density at radius 1 is 1.23 bits per heavy atom. The Bertz CT molecular complexity index is 430. The normalized spacial score (nSPS) is 10.2. The van der Waals surface area contributed by atoms with Gasteiger partial charge in [-0.3, -0.25) is 0 Å². The highest BCUT2D eigenvalue weighted by molar-refractivity contribution is 5.84. The minimum Gasteiger partial charge on any atom is -0.158 e. The lowest BCUT2D eigenvalue weighted by Gasteiger charge is -2.00. The zero-order valence-electron chi connectivity index (χ0n) is 7.14. The smallest absolute Gasteiger partial charge is 0.0787 e. The van der Waals surface area contributed by atoms with Crippen LogP contribution in [0.25, 0.3) is 10.8 Å². The number of hydrogen-bond acceptors (Lipinski definition) is 2. The van der Waals surface area contributed by atoms with E-state index in [1.807, 2.05) is 30.7 Å². The maximum absolute atomic E-state index is 4.02. The summed E-state index contributed by atoms with van der Waals surface area (Å²) < 4.78 is 0. The molecule has 0 N–H and O–H groups in total. The molecule has 0 spiro atoms. The average Bonchev–Trinajstić information content (AvgIpc) is 2.19. The lowest BCUT2D eigenvalue weighted by molar-refractivity contribution is 1.02. The molecule has 1 aromatic heterocycles. The van der Waals surface area contributed by atoms with E-state index in [1.165, 1.54) is 0 Å². The molecule has 0 saturated carbocycles. The van der Waals surface area contributed by atoms with Gasteiger partial charge in [-0.05, 0) is 0 Å². The molecule has 0 aliphatic carbocycles. The molecule has 0 saturated heterocycles. The van der Waals surface area contributed by atoms with E-state index in [9.17, 15) is 0 Å². The van der Waals surface area contributed by atoms with Crippen molar-refractivity contribution < 1.29 is 0 Å². The minimum absolute atomic E-state index is 0.869. The summed E-state index contributed by atoms with van der Waals surface area (Å²) >= 11 is 0. The van der Waals surface area contributed by atoms with Crippen LogP contribution in [0.2, 0.25) is 0 Å². The van der Waals surface area contributed by atoms with Crippen LogP contribution < -0.4 is 0 Å². The number of hydrogen-bond donors (Lipinski definition) is 0. The molecule has 1 radical (unpaired) electrons. The molecule has 2 aromatic rings. The second-order valence-corrected chi connectivity index (χ2v) is 2.72. The van der Waals surface area contributed by atoms with Gasteiger partial charge in [0.1, 0.15) is 0 Å². The standard InChI is InChI=1S/C11H9N2/c1-2-5-11-10-7-4-3-6-9(10)8-12-13-11/h2-8H,1H2. The molecule has 2 rings (SSSR count). The van der Waals surface area contributed by atoms with Crippen LogP contribution in [0.5, 0.6) is 0 Å². The fourth-order valence-electron chi connectivity index (χ4n) is 1.28. The summed E-state index contributed by atoms with van der Waals surface area (Å²) in [7, 11) is 0. The van der Waals surface area contributed by atoms with E-state index in [-0.39, 0.29) is 0 Å². The van der Waals surface area contributed by atoms with Gasteiger partial charge >= 0.3 is 0 Å². The van der Waals surface area contributed by atoms with Crippen LogP contribution >= 0.6 is 0 Å². The van der Waals surface area contributed by atoms with E-state index in [0.717, 1.165) is 16.5 Å². The van der Waals surface area contributed by atoms with Crippen LogP contribution in [0.3, 0.4) is 0 Å². The summed E-state index contributed by atoms with van der Waals surface area (Å²) in [6.45, 7) is 3.64. The molecular weight excluding hydrogens is 160 g/mol. The fraction of sp³-hybridized carbons (Fsp3) is 0. The first kappa shape index (κ1) is 7.92. The molecule has 1 heterocycles. The van der Waals surface area contributed by atoms with Crippen molar-refractivity contribution in [3.8, 4) is 0 Å². The summed E-state index contributed by atoms with van der Waals surface area (Å²) in [5.41, 5.74) is 0.869. The van der Waals surface area contributed by atoms with Crippen molar-refractivity contribution in [1.29, 1.82) is 0 Å². The molecule has 0 aliphatic rings. The molecule has 0 bridgehead atoms. The van der Waals surface area contributed by atoms with Crippen LogP contribution in [0, 0.1) is 6.42 Å². The second kappa shape index (κ2) is 3.35. The Kier molecular flexibility index (Phi) is 2.04. The Balaban J connectivity index is 2.68. The molecule has 0 unspecified atom stereocenters. The number of fused-ring (bicyclic) bond motifs is 1. The second-order valence-electron chi connectivity index (χ2n) is 2.72. The highest BCUT2D eigenvalue weighted by atomic mass is 15.1. The van der Waals surface area contributed by atoms with Crippen molar-refractivity contribution in [3.63, 3.8) is 0 Å². The first-order valence-electron chi connectivity index (χ1n) is 4.08. The number of nitrogens with zero attached hydrogens (tertiary/aromatic N) is 2. The van der Waals surface area contributed by atoms with E-state index in [1.54, 1.807) is 12.3 Å². The van der Waals surface area contributed by atoms with E-state index in [0.29, 0.717) is 0 Å². The highest BCUT2D eigenvalue weighted by Crippen LogP contribution is 2.16. The highest BCUT2D eigenvalue weighted by Gasteiger charge is 1.99. The van der Waals surface area contributed by atoms with Gasteiger partial charge in [0, 0.05) is 17.2 Å². The third-order valence-electron chi connectivity index (χ3n) is 1.87. The van der Waals surface area contributed by atoms with Gasteiger partial charge in [0.15, 0.2) is 0 Å². The van der Waals surface area contributed by atoms with Crippen LogP contribution in [0.15, 0.2) is 43.1 Å². The van der Waals surface area contributed by atoms with Crippen molar-refractivity contribution in [2.24, 2.45) is 0 Å². The van der Waals surface area contributed by atoms with E-state index < -0.39 is 0 Å². The van der Waals surface area contributed by atoms with Crippen molar-refractivity contribution >= 4 is 10.8 Å². The average molecular weight is 169 g/mol. The predicted octanol–water partition coefficient (Wildman–Crippen LogP) is 2.37. The molecule has 2 nitrogen and oxygen atoms in total. The quantitative estimate of drug-likeness (QED) is 0.689. The number of benzene rings is 1. The first-order valence-corrected chi connectivity index (χ1v) is 4.08. The molecule has 2 heteroatoms. The largest absolute Gasteiger partial charge is 0.158 e. The maximum atomic E-state index is 4.02. The number of aromatic nitrogens is 2. The topological polar surface area (TPSA) is 25.8 Å². The maximum Gasteiger partial charge on any atom is 0.0787 e. The molecule has 0 fully saturated rings. The van der Waals surface area contributed by atoms with Gasteiger partial charge in [-0.2, -0.15) is 10.2 Å². The number of allylic oxidation sites excluding steroid dienone is 1. The molecule has 0 aliphatic heterocycles. The molecule has 0 amide bonds. The SMILES string of the molecule is C=C[CH]c1nncc2ccccc12. The first-order chi connectivity index (χ1) is 6.42. The molecule has 0 atom stereocenters. The Hall–Kier alpha value is -1.70. The Morgan fingerprint density at radius 3 is 2.92 bits per heavy atom. The van der Waals surface area contributed by atoms with Crippen LogP contribution in [-0.4, -0.2) is 10.2 Å². The zero-order chi connectivity index (χ0) is 9.10. The van der Waals surface area contributed by atoms with E-state index in [4.69, 9.17) is 0 Å². The molecule has 1 aromatic carbocycles. The van der Waals surface area contributed by atoms with Crippen molar-refractivity contribution in [2.45, 2.75) is 0 Å². The fourth-order valence-corrected chi connectivity index (χ4v) is 1.28. The Morgan fingerprint density at radius 2 is 2.08 bits per heavy atom. The zero-order valence-corrected chi connectivity index (χ0v) is 7.14. The lowest BCUT2D eigenvalue weighted by Crippen LogP contribution is -1.90. The summed E-state index contributed by atoms with van der Waals surface area (Å²) in [5, 5.41) is 10.1. The molecule has 13 heavy (non-hydrogen) atoms. The van der Waals surface area contributed by atoms with Gasteiger partial charge in [0.25, 0.3) is 0 Å². The van der Waals surface area contributed by atoms with Crippen molar-refractivity contribution in [1.82, 2.24) is 10.2 Å². The van der Waals surface area contributed by atoms with Crippen LogP contribution in [0.4, 0.5) is 0 Å². The monoisotopic (exact) mass is 169 g/mol. The summed E-state index contributed by atoms with van der Waals surface area (Å²) in [6.07, 6.45) is 5.33. The summed E-state index contributed by atoms with van der Waals surface area (Å²) in [4.78, 5) is 0. The van der Waals surface area contributed by atoms with Crippen molar-refractivity contribution in [2.75, 3.05) is 0 Å². The minimum atomic E-state index is 0.869. The van der Waals surface area contributed by atoms with Crippen LogP contribution in [0.1, 0.15) is 5.69 Å². The van der Waals surface area contributed by atoms with Gasteiger partial charge < -0.3 is 0 Å². The van der Waals surface area contributed by atoms with Gasteiger partial charge in [0.2, 0.25) is 0 Å². The lowest BCUT2D eigenvalue weighted by atomic mass is 10.1. The van der Waals surface area contributed by atoms with Crippen LogP contribution in [-0.2, 0) is 0 Å². The van der Waals surface area contributed by atoms with E-state index >= 15 is 0 Å². The predicted molar refractivity (Wildman–Crippen MR) is 53.1 cm³/mol. The summed E-state index contributed by atoms with van der Waals surface area (Å²) in [5.74, 6) is 0. The third-order valence-corrected chi connectivity index (χ3v) is 1.87. The number of rotatable bonds is 2. The summed E-state index contributed by atoms with van der Waals surface area (Å²) in [6, 6.07) is 8.02. The van der Waals surface area contributed by atoms with E-state index in [2.05, 4.69) is 16.8 Å².